The average molecular weight is 199 g/mol. The van der Waals surface area contributed by atoms with Gasteiger partial charge in [0.2, 0.25) is 0 Å². The first kappa shape index (κ1) is 10.4. The molecular formula is C11H21NO2. The third-order valence-corrected chi connectivity index (χ3v) is 3.36. The molecule has 82 valence electrons. The first-order valence-electron chi connectivity index (χ1n) is 5.48. The number of hydrogen-bond acceptors (Lipinski definition) is 3. The van der Waals surface area contributed by atoms with E-state index in [1.54, 1.807) is 0 Å². The van der Waals surface area contributed by atoms with Gasteiger partial charge in [-0.1, -0.05) is 0 Å². The summed E-state index contributed by atoms with van der Waals surface area (Å²) in [5.41, 5.74) is -0.0998. The zero-order chi connectivity index (χ0) is 10.4. The lowest BCUT2D eigenvalue weighted by molar-refractivity contribution is -0.124. The molecule has 0 aromatic carbocycles. The average Bonchev–Trinajstić information content (AvgIpc) is 2.36. The van der Waals surface area contributed by atoms with Crippen LogP contribution in [-0.4, -0.2) is 36.5 Å². The summed E-state index contributed by atoms with van der Waals surface area (Å²) in [6.45, 7) is 10.2. The van der Waals surface area contributed by atoms with E-state index in [0.29, 0.717) is 6.04 Å². The summed E-state index contributed by atoms with van der Waals surface area (Å²) in [4.78, 5) is 0. The highest BCUT2D eigenvalue weighted by molar-refractivity contribution is 5.00. The molecule has 3 atom stereocenters. The fourth-order valence-electron chi connectivity index (χ4n) is 2.45. The molecule has 0 saturated carbocycles. The van der Waals surface area contributed by atoms with Gasteiger partial charge in [-0.3, -0.25) is 0 Å². The third-order valence-electron chi connectivity index (χ3n) is 3.36. The Morgan fingerprint density at radius 3 is 2.50 bits per heavy atom. The fraction of sp³-hybridized carbons (Fsp3) is 1.00. The van der Waals surface area contributed by atoms with Crippen molar-refractivity contribution in [3.05, 3.63) is 0 Å². The molecule has 2 aliphatic rings. The predicted molar refractivity (Wildman–Crippen MR) is 55.4 cm³/mol. The van der Waals surface area contributed by atoms with Gasteiger partial charge in [0.15, 0.2) is 0 Å². The Morgan fingerprint density at radius 1 is 1.29 bits per heavy atom. The van der Waals surface area contributed by atoms with Gasteiger partial charge in [-0.05, 0) is 27.7 Å². The summed E-state index contributed by atoms with van der Waals surface area (Å²) in [5.74, 6) is 0. The van der Waals surface area contributed by atoms with Gasteiger partial charge in [-0.2, -0.15) is 0 Å². The van der Waals surface area contributed by atoms with Gasteiger partial charge < -0.3 is 14.8 Å². The maximum atomic E-state index is 6.10. The summed E-state index contributed by atoms with van der Waals surface area (Å²) in [5, 5.41) is 3.50. The van der Waals surface area contributed by atoms with E-state index in [1.165, 1.54) is 0 Å². The van der Waals surface area contributed by atoms with Crippen LogP contribution in [-0.2, 0) is 9.47 Å². The van der Waals surface area contributed by atoms with Gasteiger partial charge in [0.25, 0.3) is 0 Å². The van der Waals surface area contributed by atoms with Crippen molar-refractivity contribution in [1.29, 1.82) is 0 Å². The molecule has 2 fully saturated rings. The number of morpholine rings is 1. The van der Waals surface area contributed by atoms with Crippen LogP contribution in [0.15, 0.2) is 0 Å². The Morgan fingerprint density at radius 2 is 2.00 bits per heavy atom. The van der Waals surface area contributed by atoms with Crippen LogP contribution in [0.4, 0.5) is 0 Å². The maximum absolute atomic E-state index is 6.10. The van der Waals surface area contributed by atoms with Crippen molar-refractivity contribution in [1.82, 2.24) is 5.32 Å². The minimum Gasteiger partial charge on any atom is -0.372 e. The highest BCUT2D eigenvalue weighted by atomic mass is 16.6. The molecule has 1 N–H and O–H groups in total. The van der Waals surface area contributed by atoms with Gasteiger partial charge in [0, 0.05) is 19.0 Å². The van der Waals surface area contributed by atoms with Crippen LogP contribution < -0.4 is 5.32 Å². The van der Waals surface area contributed by atoms with Gasteiger partial charge in [-0.25, -0.2) is 0 Å². The molecule has 0 amide bonds. The lowest BCUT2D eigenvalue weighted by atomic mass is 9.91. The highest BCUT2D eigenvalue weighted by Gasteiger charge is 2.48. The molecule has 3 unspecified atom stereocenters. The molecule has 2 rings (SSSR count). The fourth-order valence-corrected chi connectivity index (χ4v) is 2.45. The smallest absolute Gasteiger partial charge is 0.107 e. The minimum absolute atomic E-state index is 0.0258. The normalized spacial score (nSPS) is 47.1. The van der Waals surface area contributed by atoms with Crippen LogP contribution in [0.25, 0.3) is 0 Å². The standard InChI is InChI=1S/C11H21NO2/c1-8-9(2)14-11(6-12-8)5-10(3,4)13-7-11/h8-9,12H,5-7H2,1-4H3. The van der Waals surface area contributed by atoms with Crippen molar-refractivity contribution in [2.75, 3.05) is 13.2 Å². The molecular weight excluding hydrogens is 178 g/mol. The van der Waals surface area contributed by atoms with E-state index < -0.39 is 0 Å². The van der Waals surface area contributed by atoms with Crippen LogP contribution in [0.1, 0.15) is 34.1 Å². The van der Waals surface area contributed by atoms with Crippen molar-refractivity contribution < 1.29 is 9.47 Å². The summed E-state index contributed by atoms with van der Waals surface area (Å²) in [7, 11) is 0. The monoisotopic (exact) mass is 199 g/mol. The molecule has 1 spiro atoms. The number of nitrogens with one attached hydrogen (secondary N) is 1. The number of ether oxygens (including phenoxy) is 2. The first-order chi connectivity index (χ1) is 6.43. The third kappa shape index (κ3) is 1.81. The summed E-state index contributed by atoms with van der Waals surface area (Å²) >= 11 is 0. The summed E-state index contributed by atoms with van der Waals surface area (Å²) < 4.78 is 11.8. The Labute approximate surface area is 86.2 Å². The second kappa shape index (κ2) is 3.19. The quantitative estimate of drug-likeness (QED) is 0.638. The number of rotatable bonds is 0. The zero-order valence-corrected chi connectivity index (χ0v) is 9.59. The first-order valence-corrected chi connectivity index (χ1v) is 5.48. The molecule has 14 heavy (non-hydrogen) atoms. The van der Waals surface area contributed by atoms with E-state index in [9.17, 15) is 0 Å². The van der Waals surface area contributed by atoms with E-state index in [1.807, 2.05) is 0 Å². The van der Waals surface area contributed by atoms with Gasteiger partial charge in [0.1, 0.15) is 5.60 Å². The Balaban J connectivity index is 2.05. The van der Waals surface area contributed by atoms with Crippen molar-refractivity contribution in [2.45, 2.75) is 57.5 Å². The van der Waals surface area contributed by atoms with E-state index in [4.69, 9.17) is 9.47 Å². The van der Waals surface area contributed by atoms with Gasteiger partial charge in [0.05, 0.1) is 18.3 Å². The lowest BCUT2D eigenvalue weighted by Gasteiger charge is -2.41. The predicted octanol–water partition coefficient (Wildman–Crippen LogP) is 1.32. The van der Waals surface area contributed by atoms with E-state index in [2.05, 4.69) is 33.0 Å². The van der Waals surface area contributed by atoms with Gasteiger partial charge >= 0.3 is 0 Å². The van der Waals surface area contributed by atoms with Crippen LogP contribution in [0.5, 0.6) is 0 Å². The SMILES string of the molecule is CC1NCC2(COC(C)(C)C2)OC1C. The molecule has 0 radical (unpaired) electrons. The van der Waals surface area contributed by atoms with Crippen molar-refractivity contribution >= 4 is 0 Å². The number of hydrogen-bond donors (Lipinski definition) is 1. The largest absolute Gasteiger partial charge is 0.372 e. The molecule has 3 nitrogen and oxygen atoms in total. The van der Waals surface area contributed by atoms with Crippen molar-refractivity contribution in [2.24, 2.45) is 0 Å². The molecule has 3 heteroatoms. The van der Waals surface area contributed by atoms with Crippen LogP contribution >= 0.6 is 0 Å². The molecule has 0 aromatic heterocycles. The molecule has 2 heterocycles. The molecule has 0 aliphatic carbocycles. The molecule has 2 aliphatic heterocycles. The lowest BCUT2D eigenvalue weighted by Crippen LogP contribution is -2.58. The maximum Gasteiger partial charge on any atom is 0.107 e. The topological polar surface area (TPSA) is 30.5 Å². The van der Waals surface area contributed by atoms with E-state index in [0.717, 1.165) is 19.6 Å². The van der Waals surface area contributed by atoms with Gasteiger partial charge in [-0.15, -0.1) is 0 Å². The van der Waals surface area contributed by atoms with E-state index >= 15 is 0 Å². The summed E-state index contributed by atoms with van der Waals surface area (Å²) in [6.07, 6.45) is 1.27. The van der Waals surface area contributed by atoms with Crippen molar-refractivity contribution in [3.8, 4) is 0 Å². The molecule has 0 aromatic rings. The van der Waals surface area contributed by atoms with Crippen LogP contribution in [0.2, 0.25) is 0 Å². The molecule has 0 bridgehead atoms. The Bertz CT molecular complexity index is 229. The molecule has 2 saturated heterocycles. The van der Waals surface area contributed by atoms with Crippen LogP contribution in [0, 0.1) is 0 Å². The highest BCUT2D eigenvalue weighted by Crippen LogP contribution is 2.37. The Hall–Kier alpha value is -0.120. The second-order valence-electron chi connectivity index (χ2n) is 5.40. The van der Waals surface area contributed by atoms with Crippen molar-refractivity contribution in [3.63, 3.8) is 0 Å². The van der Waals surface area contributed by atoms with Crippen LogP contribution in [0.3, 0.4) is 0 Å². The van der Waals surface area contributed by atoms with E-state index in [-0.39, 0.29) is 17.3 Å². The minimum atomic E-state index is -0.0740. The zero-order valence-electron chi connectivity index (χ0n) is 9.59. The second-order valence-corrected chi connectivity index (χ2v) is 5.40. The Kier molecular flexibility index (Phi) is 2.37. The summed E-state index contributed by atoms with van der Waals surface area (Å²) in [6, 6.07) is 0.448.